The number of carboxylic acids is 1. The number of halogens is 4. The first-order chi connectivity index (χ1) is 15.0. The predicted octanol–water partition coefficient (Wildman–Crippen LogP) is 5.35. The van der Waals surface area contributed by atoms with Crippen molar-refractivity contribution in [2.24, 2.45) is 5.41 Å². The van der Waals surface area contributed by atoms with Crippen molar-refractivity contribution in [2.45, 2.75) is 45.3 Å². The van der Waals surface area contributed by atoms with Gasteiger partial charge in [0.05, 0.1) is 18.1 Å². The van der Waals surface area contributed by atoms with Crippen molar-refractivity contribution >= 4 is 5.97 Å². The molecule has 2 aromatic carbocycles. The van der Waals surface area contributed by atoms with Gasteiger partial charge in [-0.15, -0.1) is 0 Å². The summed E-state index contributed by atoms with van der Waals surface area (Å²) in [4.78, 5) is 11.1. The van der Waals surface area contributed by atoms with Crippen LogP contribution in [0.4, 0.5) is 17.6 Å². The lowest BCUT2D eigenvalue weighted by molar-refractivity contribution is -0.147. The van der Waals surface area contributed by atoms with E-state index in [1.807, 2.05) is 0 Å². The molecule has 0 spiro atoms. The zero-order valence-electron chi connectivity index (χ0n) is 17.9. The molecule has 5 nitrogen and oxygen atoms in total. The average molecular weight is 456 g/mol. The molecule has 2 aromatic rings. The molecule has 1 N–H and O–H groups in total. The summed E-state index contributed by atoms with van der Waals surface area (Å²) in [7, 11) is 1.57. The molecule has 174 valence electrons. The Morgan fingerprint density at radius 2 is 1.66 bits per heavy atom. The molecule has 1 aliphatic carbocycles. The number of hydrogen-bond acceptors (Lipinski definition) is 4. The van der Waals surface area contributed by atoms with Crippen LogP contribution in [0.5, 0.6) is 11.5 Å². The Kier molecular flexibility index (Phi) is 6.97. The van der Waals surface area contributed by atoms with Gasteiger partial charge in [-0.1, -0.05) is 0 Å². The van der Waals surface area contributed by atoms with Crippen LogP contribution in [0.1, 0.15) is 33.1 Å². The van der Waals surface area contributed by atoms with Gasteiger partial charge in [-0.2, -0.15) is 0 Å². The van der Waals surface area contributed by atoms with Crippen LogP contribution in [-0.2, 0) is 9.53 Å². The monoisotopic (exact) mass is 456 g/mol. The molecule has 1 saturated carbocycles. The van der Waals surface area contributed by atoms with Crippen LogP contribution in [0, 0.1) is 28.7 Å². The molecule has 0 unspecified atom stereocenters. The van der Waals surface area contributed by atoms with E-state index in [1.54, 1.807) is 7.11 Å². The molecule has 1 aliphatic rings. The fourth-order valence-electron chi connectivity index (χ4n) is 3.21. The number of carbonyl (C=O) groups is 1. The third kappa shape index (κ3) is 5.15. The summed E-state index contributed by atoms with van der Waals surface area (Å²) in [5, 5.41) is 9.09. The van der Waals surface area contributed by atoms with E-state index in [-0.39, 0.29) is 42.1 Å². The predicted molar refractivity (Wildman–Crippen MR) is 108 cm³/mol. The molecule has 1 fully saturated rings. The number of ether oxygens (including phenoxy) is 3. The molecule has 0 amide bonds. The van der Waals surface area contributed by atoms with Gasteiger partial charge in [0, 0.05) is 31.6 Å². The lowest BCUT2D eigenvalue weighted by Crippen LogP contribution is -2.38. The highest BCUT2D eigenvalue weighted by atomic mass is 19.2. The summed E-state index contributed by atoms with van der Waals surface area (Å²) in [6.45, 7) is 2.67. The second-order valence-electron chi connectivity index (χ2n) is 8.39. The summed E-state index contributed by atoms with van der Waals surface area (Å²) in [5.74, 6) is -6.48. The Morgan fingerprint density at radius 3 is 2.22 bits per heavy atom. The molecule has 32 heavy (non-hydrogen) atoms. The van der Waals surface area contributed by atoms with E-state index in [0.717, 1.165) is 18.2 Å². The quantitative estimate of drug-likeness (QED) is 0.516. The van der Waals surface area contributed by atoms with E-state index >= 15 is 0 Å². The Morgan fingerprint density at radius 1 is 1.03 bits per heavy atom. The zero-order chi connectivity index (χ0) is 23.6. The second kappa shape index (κ2) is 9.36. The van der Waals surface area contributed by atoms with Gasteiger partial charge in [0.25, 0.3) is 0 Å². The van der Waals surface area contributed by atoms with E-state index in [2.05, 4.69) is 0 Å². The minimum Gasteiger partial charge on any atom is -0.490 e. The third-order valence-corrected chi connectivity index (χ3v) is 5.55. The van der Waals surface area contributed by atoms with Gasteiger partial charge in [-0.05, 0) is 44.0 Å². The number of hydrogen-bond donors (Lipinski definition) is 1. The van der Waals surface area contributed by atoms with Crippen LogP contribution in [-0.4, -0.2) is 37.0 Å². The fourth-order valence-corrected chi connectivity index (χ4v) is 3.21. The van der Waals surface area contributed by atoms with Gasteiger partial charge in [0.1, 0.15) is 11.9 Å². The summed E-state index contributed by atoms with van der Waals surface area (Å²) < 4.78 is 73.4. The third-order valence-electron chi connectivity index (χ3n) is 5.55. The van der Waals surface area contributed by atoms with Crippen LogP contribution < -0.4 is 9.47 Å². The number of benzene rings is 2. The summed E-state index contributed by atoms with van der Waals surface area (Å²) in [6.07, 6.45) is 1.02. The number of carboxylic acid groups (broad SMARTS) is 1. The molecular weight excluding hydrogens is 432 g/mol. The van der Waals surface area contributed by atoms with Crippen LogP contribution in [0.2, 0.25) is 0 Å². The molecule has 0 heterocycles. The minimum atomic E-state index is -1.27. The fraction of sp³-hybridized carbons (Fsp3) is 0.435. The molecule has 0 aliphatic heterocycles. The Labute approximate surface area is 182 Å². The minimum absolute atomic E-state index is 0.00723. The second-order valence-corrected chi connectivity index (χ2v) is 8.39. The van der Waals surface area contributed by atoms with Gasteiger partial charge in [0.2, 0.25) is 0 Å². The number of rotatable bonds is 9. The summed E-state index contributed by atoms with van der Waals surface area (Å²) in [6, 6.07) is 3.72. The van der Waals surface area contributed by atoms with E-state index in [0.29, 0.717) is 12.8 Å². The van der Waals surface area contributed by atoms with Gasteiger partial charge in [0.15, 0.2) is 29.0 Å². The first-order valence-electron chi connectivity index (χ1n) is 10.1. The van der Waals surface area contributed by atoms with Crippen molar-refractivity contribution in [2.75, 3.05) is 13.7 Å². The first kappa shape index (κ1) is 23.8. The van der Waals surface area contributed by atoms with E-state index in [1.165, 1.54) is 19.9 Å². The van der Waals surface area contributed by atoms with Crippen molar-refractivity contribution in [3.63, 3.8) is 0 Å². The van der Waals surface area contributed by atoms with Gasteiger partial charge in [-0.3, -0.25) is 4.79 Å². The van der Waals surface area contributed by atoms with Crippen molar-refractivity contribution < 1.29 is 41.7 Å². The highest BCUT2D eigenvalue weighted by molar-refractivity contribution is 5.73. The van der Waals surface area contributed by atoms with Crippen molar-refractivity contribution in [3.8, 4) is 22.6 Å². The Hall–Kier alpha value is -2.81. The maximum Gasteiger partial charge on any atom is 0.309 e. The number of methoxy groups -OCH3 is 1. The standard InChI is InChI=1S/C23H24F4O5/c1-23(2,22(28)29)4-5-31-21-18(25)6-12(7-19(21)26)16-10-15(11-17(24)20(16)27)32-14-8-13(9-14)30-3/h6-7,10-11,13-14H,4-5,8-9H2,1-3H3,(H,28,29). The van der Waals surface area contributed by atoms with Crippen molar-refractivity contribution in [1.29, 1.82) is 0 Å². The first-order valence-corrected chi connectivity index (χ1v) is 10.1. The van der Waals surface area contributed by atoms with Crippen molar-refractivity contribution in [3.05, 3.63) is 47.5 Å². The Bertz CT molecular complexity index is 979. The molecule has 0 atom stereocenters. The van der Waals surface area contributed by atoms with Crippen LogP contribution in [0.15, 0.2) is 24.3 Å². The number of aliphatic carboxylic acids is 1. The lowest BCUT2D eigenvalue weighted by Gasteiger charge is -2.34. The normalized spacial score (nSPS) is 18.2. The molecule has 3 rings (SSSR count). The molecule has 0 aromatic heterocycles. The summed E-state index contributed by atoms with van der Waals surface area (Å²) >= 11 is 0. The molecule has 0 bridgehead atoms. The SMILES string of the molecule is COC1CC(Oc2cc(F)c(F)c(-c3cc(F)c(OCCC(C)(C)C(=O)O)c(F)c3)c2)C1. The lowest BCUT2D eigenvalue weighted by atomic mass is 9.90. The van der Waals surface area contributed by atoms with Gasteiger partial charge in [-0.25, -0.2) is 17.6 Å². The Balaban J connectivity index is 1.80. The van der Waals surface area contributed by atoms with Gasteiger partial charge < -0.3 is 19.3 Å². The smallest absolute Gasteiger partial charge is 0.309 e. The summed E-state index contributed by atoms with van der Waals surface area (Å²) in [5.41, 5.74) is -1.74. The topological polar surface area (TPSA) is 65.0 Å². The van der Waals surface area contributed by atoms with Crippen LogP contribution >= 0.6 is 0 Å². The highest BCUT2D eigenvalue weighted by Crippen LogP contribution is 2.36. The maximum atomic E-state index is 14.5. The zero-order valence-corrected chi connectivity index (χ0v) is 17.9. The van der Waals surface area contributed by atoms with E-state index in [4.69, 9.17) is 19.3 Å². The molecule has 0 saturated heterocycles. The molecule has 0 radical (unpaired) electrons. The maximum absolute atomic E-state index is 14.5. The van der Waals surface area contributed by atoms with Crippen LogP contribution in [0.3, 0.4) is 0 Å². The van der Waals surface area contributed by atoms with Crippen molar-refractivity contribution in [1.82, 2.24) is 0 Å². The average Bonchev–Trinajstić information content (AvgIpc) is 2.68. The van der Waals surface area contributed by atoms with Gasteiger partial charge >= 0.3 is 5.97 Å². The molecule has 9 heteroatoms. The van der Waals surface area contributed by atoms with E-state index < -0.39 is 40.4 Å². The van der Waals surface area contributed by atoms with E-state index in [9.17, 15) is 22.4 Å². The van der Waals surface area contributed by atoms with Crippen LogP contribution in [0.25, 0.3) is 11.1 Å². The largest absolute Gasteiger partial charge is 0.490 e. The highest BCUT2D eigenvalue weighted by Gasteiger charge is 2.31. The molecular formula is C23H24F4O5.